The molecule has 1 unspecified atom stereocenters. The molecule has 0 aliphatic heterocycles. The maximum Gasteiger partial charge on any atom is 0.242 e. The van der Waals surface area contributed by atoms with Crippen LogP contribution in [0.5, 0.6) is 0 Å². The standard InChI is InChI=1S/C13H23N5O/c1-8-7-15-12(14-6)17-10(8)16-9(2)11(19)18-13(3,4)5/h7,9H,1-6H3,(H,18,19)(H2,14,15,16,17). The Labute approximate surface area is 114 Å². The first-order valence-corrected chi connectivity index (χ1v) is 6.33. The molecular formula is C13H23N5O. The first-order valence-electron chi connectivity index (χ1n) is 6.33. The van der Waals surface area contributed by atoms with Crippen molar-refractivity contribution >= 4 is 17.7 Å². The first-order chi connectivity index (χ1) is 8.73. The van der Waals surface area contributed by atoms with Crippen molar-refractivity contribution in [3.05, 3.63) is 11.8 Å². The van der Waals surface area contributed by atoms with E-state index in [1.165, 1.54) is 0 Å². The molecule has 0 aromatic carbocycles. The van der Waals surface area contributed by atoms with Gasteiger partial charge in [0, 0.05) is 24.3 Å². The molecule has 1 atom stereocenters. The summed E-state index contributed by atoms with van der Waals surface area (Å²) in [5.41, 5.74) is 0.651. The van der Waals surface area contributed by atoms with Crippen molar-refractivity contribution in [1.29, 1.82) is 0 Å². The summed E-state index contributed by atoms with van der Waals surface area (Å²) in [5, 5.41) is 8.90. The van der Waals surface area contributed by atoms with Gasteiger partial charge in [-0.3, -0.25) is 4.79 Å². The smallest absolute Gasteiger partial charge is 0.242 e. The largest absolute Gasteiger partial charge is 0.358 e. The van der Waals surface area contributed by atoms with E-state index in [1.54, 1.807) is 13.2 Å². The normalized spacial score (nSPS) is 12.7. The van der Waals surface area contributed by atoms with E-state index in [0.29, 0.717) is 11.8 Å². The van der Waals surface area contributed by atoms with Gasteiger partial charge in [0.25, 0.3) is 0 Å². The average Bonchev–Trinajstić information content (AvgIpc) is 2.29. The Morgan fingerprint density at radius 2 is 2.00 bits per heavy atom. The Bertz CT molecular complexity index is 453. The number of hydrogen-bond donors (Lipinski definition) is 3. The van der Waals surface area contributed by atoms with Crippen LogP contribution in [-0.2, 0) is 4.79 Å². The van der Waals surface area contributed by atoms with Gasteiger partial charge in [0.2, 0.25) is 11.9 Å². The fraction of sp³-hybridized carbons (Fsp3) is 0.615. The molecule has 0 fully saturated rings. The van der Waals surface area contributed by atoms with Gasteiger partial charge < -0.3 is 16.0 Å². The van der Waals surface area contributed by atoms with Crippen LogP contribution < -0.4 is 16.0 Å². The van der Waals surface area contributed by atoms with E-state index in [9.17, 15) is 4.79 Å². The zero-order valence-corrected chi connectivity index (χ0v) is 12.5. The number of aryl methyl sites for hydroxylation is 1. The predicted octanol–water partition coefficient (Wildman–Crippen LogP) is 1.54. The second kappa shape index (κ2) is 5.86. The number of hydrogen-bond acceptors (Lipinski definition) is 5. The van der Waals surface area contributed by atoms with Gasteiger partial charge in [-0.25, -0.2) is 4.98 Å². The van der Waals surface area contributed by atoms with E-state index < -0.39 is 0 Å². The number of rotatable bonds is 4. The summed E-state index contributed by atoms with van der Waals surface area (Å²) < 4.78 is 0. The highest BCUT2D eigenvalue weighted by Crippen LogP contribution is 2.13. The lowest BCUT2D eigenvalue weighted by Crippen LogP contribution is -2.47. The highest BCUT2D eigenvalue weighted by atomic mass is 16.2. The van der Waals surface area contributed by atoms with Crippen LogP contribution in [0.4, 0.5) is 11.8 Å². The monoisotopic (exact) mass is 265 g/mol. The zero-order chi connectivity index (χ0) is 14.6. The van der Waals surface area contributed by atoms with Crippen molar-refractivity contribution in [2.45, 2.75) is 46.2 Å². The minimum absolute atomic E-state index is 0.0588. The summed E-state index contributed by atoms with van der Waals surface area (Å²) in [6.45, 7) is 9.56. The SMILES string of the molecule is CNc1ncc(C)c(NC(C)C(=O)NC(C)(C)C)n1. The fourth-order valence-corrected chi connectivity index (χ4v) is 1.46. The van der Waals surface area contributed by atoms with Crippen LogP contribution in [0.25, 0.3) is 0 Å². The predicted molar refractivity (Wildman–Crippen MR) is 77.3 cm³/mol. The zero-order valence-electron chi connectivity index (χ0n) is 12.5. The molecule has 0 saturated carbocycles. The average molecular weight is 265 g/mol. The first kappa shape index (κ1) is 15.2. The lowest BCUT2D eigenvalue weighted by atomic mass is 10.1. The molecule has 19 heavy (non-hydrogen) atoms. The number of amides is 1. The topological polar surface area (TPSA) is 78.9 Å². The van der Waals surface area contributed by atoms with Gasteiger partial charge in [0.1, 0.15) is 11.9 Å². The summed E-state index contributed by atoms with van der Waals surface area (Å²) in [7, 11) is 1.75. The van der Waals surface area contributed by atoms with E-state index in [-0.39, 0.29) is 17.5 Å². The van der Waals surface area contributed by atoms with Crippen molar-refractivity contribution in [1.82, 2.24) is 15.3 Å². The maximum absolute atomic E-state index is 12.0. The fourth-order valence-electron chi connectivity index (χ4n) is 1.46. The molecule has 1 aromatic heterocycles. The van der Waals surface area contributed by atoms with Gasteiger partial charge >= 0.3 is 0 Å². The van der Waals surface area contributed by atoms with Crippen molar-refractivity contribution in [2.24, 2.45) is 0 Å². The van der Waals surface area contributed by atoms with E-state index >= 15 is 0 Å². The highest BCUT2D eigenvalue weighted by molar-refractivity contribution is 5.84. The van der Waals surface area contributed by atoms with Gasteiger partial charge in [0.05, 0.1) is 0 Å². The molecule has 1 amide bonds. The van der Waals surface area contributed by atoms with E-state index in [2.05, 4.69) is 25.9 Å². The molecular weight excluding hydrogens is 242 g/mol. The third kappa shape index (κ3) is 4.73. The molecule has 0 bridgehead atoms. The molecule has 0 aliphatic carbocycles. The van der Waals surface area contributed by atoms with Crippen LogP contribution in [-0.4, -0.2) is 34.5 Å². The Morgan fingerprint density at radius 1 is 1.37 bits per heavy atom. The molecule has 0 spiro atoms. The molecule has 0 aliphatic rings. The number of nitrogens with zero attached hydrogens (tertiary/aromatic N) is 2. The van der Waals surface area contributed by atoms with Gasteiger partial charge in [0.15, 0.2) is 0 Å². The molecule has 1 rings (SSSR count). The Kier molecular flexibility index (Phi) is 4.69. The molecule has 6 heteroatoms. The Balaban J connectivity index is 2.76. The van der Waals surface area contributed by atoms with Crippen LogP contribution in [0.1, 0.15) is 33.3 Å². The van der Waals surface area contributed by atoms with Gasteiger partial charge in [-0.15, -0.1) is 0 Å². The number of carbonyl (C=O) groups is 1. The van der Waals surface area contributed by atoms with E-state index in [1.807, 2.05) is 34.6 Å². The van der Waals surface area contributed by atoms with Gasteiger partial charge in [-0.2, -0.15) is 4.98 Å². The van der Waals surface area contributed by atoms with Crippen LogP contribution in [0.2, 0.25) is 0 Å². The minimum atomic E-state index is -0.363. The lowest BCUT2D eigenvalue weighted by molar-refractivity contribution is -0.122. The van der Waals surface area contributed by atoms with Crippen molar-refractivity contribution in [3.63, 3.8) is 0 Å². The summed E-state index contributed by atoms with van der Waals surface area (Å²) in [5.74, 6) is 1.13. The number of anilines is 2. The highest BCUT2D eigenvalue weighted by Gasteiger charge is 2.20. The minimum Gasteiger partial charge on any atom is -0.358 e. The van der Waals surface area contributed by atoms with Crippen LogP contribution in [0.3, 0.4) is 0 Å². The lowest BCUT2D eigenvalue weighted by Gasteiger charge is -2.24. The molecule has 6 nitrogen and oxygen atoms in total. The van der Waals surface area contributed by atoms with Crippen LogP contribution in [0.15, 0.2) is 6.20 Å². The molecule has 1 heterocycles. The van der Waals surface area contributed by atoms with E-state index in [4.69, 9.17) is 0 Å². The number of carbonyl (C=O) groups excluding carboxylic acids is 1. The molecule has 3 N–H and O–H groups in total. The molecule has 1 aromatic rings. The van der Waals surface area contributed by atoms with Crippen molar-refractivity contribution in [2.75, 3.05) is 17.7 Å². The molecule has 0 saturated heterocycles. The second-order valence-corrected chi connectivity index (χ2v) is 5.58. The van der Waals surface area contributed by atoms with Crippen molar-refractivity contribution < 1.29 is 4.79 Å². The third-order valence-electron chi connectivity index (χ3n) is 2.44. The third-order valence-corrected chi connectivity index (χ3v) is 2.44. The summed E-state index contributed by atoms with van der Waals surface area (Å²) in [6, 6.07) is -0.363. The number of aromatic nitrogens is 2. The quantitative estimate of drug-likeness (QED) is 0.769. The second-order valence-electron chi connectivity index (χ2n) is 5.58. The van der Waals surface area contributed by atoms with Gasteiger partial charge in [-0.1, -0.05) is 0 Å². The summed E-state index contributed by atoms with van der Waals surface area (Å²) in [4.78, 5) is 20.4. The van der Waals surface area contributed by atoms with Crippen LogP contribution >= 0.6 is 0 Å². The van der Waals surface area contributed by atoms with Gasteiger partial charge in [-0.05, 0) is 34.6 Å². The van der Waals surface area contributed by atoms with Crippen LogP contribution in [0, 0.1) is 6.92 Å². The van der Waals surface area contributed by atoms with Crippen molar-refractivity contribution in [3.8, 4) is 0 Å². The number of nitrogens with one attached hydrogen (secondary N) is 3. The summed E-state index contributed by atoms with van der Waals surface area (Å²) >= 11 is 0. The summed E-state index contributed by atoms with van der Waals surface area (Å²) in [6.07, 6.45) is 1.72. The molecule has 106 valence electrons. The Hall–Kier alpha value is -1.85. The van der Waals surface area contributed by atoms with E-state index in [0.717, 1.165) is 5.56 Å². The Morgan fingerprint density at radius 3 is 2.53 bits per heavy atom. The maximum atomic E-state index is 12.0. The molecule has 0 radical (unpaired) electrons.